The lowest BCUT2D eigenvalue weighted by atomic mass is 10.1. The van der Waals surface area contributed by atoms with E-state index in [1.54, 1.807) is 18.5 Å². The summed E-state index contributed by atoms with van der Waals surface area (Å²) in [5.41, 5.74) is 2.61. The number of hydrogen-bond donors (Lipinski definition) is 2. The molecule has 0 aliphatic carbocycles. The second-order valence-electron chi connectivity index (χ2n) is 2.93. The van der Waals surface area contributed by atoms with Gasteiger partial charge in [-0.3, -0.25) is 5.10 Å². The van der Waals surface area contributed by atoms with Crippen LogP contribution in [0.3, 0.4) is 0 Å². The quantitative estimate of drug-likeness (QED) is 0.790. The molecule has 5 heteroatoms. The first-order chi connectivity index (χ1) is 7.36. The highest BCUT2D eigenvalue weighted by molar-refractivity contribution is 5.76. The van der Waals surface area contributed by atoms with Gasteiger partial charge in [-0.2, -0.15) is 5.10 Å². The van der Waals surface area contributed by atoms with E-state index in [2.05, 4.69) is 32.1 Å². The molecule has 2 heterocycles. The van der Waals surface area contributed by atoms with Crippen molar-refractivity contribution in [3.63, 3.8) is 0 Å². The smallest absolute Gasteiger partial charge is 0.137 e. The molecule has 0 amide bonds. The standard InChI is InChI=1S/C10H11N5/c1-3-8-9(7-4-14-15-5-7)12-6-13-10(8)11-2/h3-6H,1H2,2H3,(H,14,15)(H,11,12,13). The van der Waals surface area contributed by atoms with Gasteiger partial charge >= 0.3 is 0 Å². The Bertz CT molecular complexity index is 461. The molecular weight excluding hydrogens is 190 g/mol. The van der Waals surface area contributed by atoms with Gasteiger partial charge in [0.1, 0.15) is 12.1 Å². The number of rotatable bonds is 3. The van der Waals surface area contributed by atoms with E-state index in [1.807, 2.05) is 7.05 Å². The monoisotopic (exact) mass is 201 g/mol. The number of aromatic nitrogens is 4. The Labute approximate surface area is 87.3 Å². The van der Waals surface area contributed by atoms with E-state index in [4.69, 9.17) is 0 Å². The Morgan fingerprint density at radius 1 is 1.47 bits per heavy atom. The van der Waals surface area contributed by atoms with Crippen molar-refractivity contribution in [1.29, 1.82) is 0 Å². The van der Waals surface area contributed by atoms with Crippen LogP contribution in [0.2, 0.25) is 0 Å². The second-order valence-corrected chi connectivity index (χ2v) is 2.93. The zero-order valence-electron chi connectivity index (χ0n) is 8.36. The van der Waals surface area contributed by atoms with Crippen LogP contribution in [0.5, 0.6) is 0 Å². The van der Waals surface area contributed by atoms with E-state index in [9.17, 15) is 0 Å². The largest absolute Gasteiger partial charge is 0.373 e. The highest BCUT2D eigenvalue weighted by Gasteiger charge is 2.09. The van der Waals surface area contributed by atoms with Gasteiger partial charge in [0.2, 0.25) is 0 Å². The van der Waals surface area contributed by atoms with Crippen LogP contribution < -0.4 is 5.32 Å². The lowest BCUT2D eigenvalue weighted by molar-refractivity contribution is 1.09. The Balaban J connectivity index is 2.61. The average molecular weight is 201 g/mol. The molecule has 0 aliphatic heterocycles. The van der Waals surface area contributed by atoms with E-state index < -0.39 is 0 Å². The maximum atomic E-state index is 4.22. The van der Waals surface area contributed by atoms with E-state index in [0.29, 0.717) is 0 Å². The summed E-state index contributed by atoms with van der Waals surface area (Å²) >= 11 is 0. The van der Waals surface area contributed by atoms with Gasteiger partial charge in [0, 0.05) is 24.4 Å². The first kappa shape index (κ1) is 9.39. The molecule has 0 aromatic carbocycles. The molecule has 0 aliphatic rings. The summed E-state index contributed by atoms with van der Waals surface area (Å²) in [5, 5.41) is 9.64. The molecule has 15 heavy (non-hydrogen) atoms. The molecule has 0 fully saturated rings. The minimum atomic E-state index is 0.760. The molecule has 0 atom stereocenters. The number of nitrogens with one attached hydrogen (secondary N) is 2. The van der Waals surface area contributed by atoms with Crippen molar-refractivity contribution in [2.75, 3.05) is 12.4 Å². The fourth-order valence-corrected chi connectivity index (χ4v) is 1.40. The molecule has 0 unspecified atom stereocenters. The highest BCUT2D eigenvalue weighted by Crippen LogP contribution is 2.25. The Morgan fingerprint density at radius 3 is 2.93 bits per heavy atom. The van der Waals surface area contributed by atoms with Gasteiger partial charge in [-0.25, -0.2) is 9.97 Å². The molecule has 0 saturated carbocycles. The number of anilines is 1. The molecule has 0 bridgehead atoms. The Morgan fingerprint density at radius 2 is 2.33 bits per heavy atom. The van der Waals surface area contributed by atoms with Crippen LogP contribution in [0.25, 0.3) is 17.3 Å². The number of hydrogen-bond acceptors (Lipinski definition) is 4. The molecule has 2 aromatic heterocycles. The van der Waals surface area contributed by atoms with Gasteiger partial charge in [0.05, 0.1) is 11.9 Å². The Kier molecular flexibility index (Phi) is 2.45. The van der Waals surface area contributed by atoms with E-state index in [-0.39, 0.29) is 0 Å². The predicted molar refractivity (Wildman–Crippen MR) is 59.3 cm³/mol. The molecule has 0 radical (unpaired) electrons. The predicted octanol–water partition coefficient (Wildman–Crippen LogP) is 1.55. The van der Waals surface area contributed by atoms with Crippen LogP contribution in [0.4, 0.5) is 5.82 Å². The van der Waals surface area contributed by atoms with Gasteiger partial charge in [0.15, 0.2) is 0 Å². The molecule has 0 saturated heterocycles. The minimum absolute atomic E-state index is 0.760. The summed E-state index contributed by atoms with van der Waals surface area (Å²) in [7, 11) is 1.81. The van der Waals surface area contributed by atoms with Gasteiger partial charge in [-0.1, -0.05) is 12.7 Å². The summed E-state index contributed by atoms with van der Waals surface area (Å²) in [6.07, 6.45) is 6.75. The first-order valence-corrected chi connectivity index (χ1v) is 4.51. The topological polar surface area (TPSA) is 66.5 Å². The molecule has 2 aromatic rings. The third-order valence-electron chi connectivity index (χ3n) is 2.10. The first-order valence-electron chi connectivity index (χ1n) is 4.51. The zero-order chi connectivity index (χ0) is 10.7. The van der Waals surface area contributed by atoms with Gasteiger partial charge < -0.3 is 5.32 Å². The molecule has 5 nitrogen and oxygen atoms in total. The van der Waals surface area contributed by atoms with Crippen molar-refractivity contribution >= 4 is 11.9 Å². The van der Waals surface area contributed by atoms with Crippen LogP contribution in [0, 0.1) is 0 Å². The fourth-order valence-electron chi connectivity index (χ4n) is 1.40. The van der Waals surface area contributed by atoms with Gasteiger partial charge in [-0.05, 0) is 0 Å². The fraction of sp³-hybridized carbons (Fsp3) is 0.100. The van der Waals surface area contributed by atoms with E-state index in [1.165, 1.54) is 6.33 Å². The van der Waals surface area contributed by atoms with Gasteiger partial charge in [-0.15, -0.1) is 0 Å². The van der Waals surface area contributed by atoms with Gasteiger partial charge in [0.25, 0.3) is 0 Å². The van der Waals surface area contributed by atoms with Crippen molar-refractivity contribution in [3.8, 4) is 11.3 Å². The third kappa shape index (κ3) is 1.59. The van der Waals surface area contributed by atoms with Crippen molar-refractivity contribution < 1.29 is 0 Å². The average Bonchev–Trinajstić information content (AvgIpc) is 2.81. The van der Waals surface area contributed by atoms with Crippen molar-refractivity contribution in [2.45, 2.75) is 0 Å². The highest BCUT2D eigenvalue weighted by atomic mass is 15.1. The van der Waals surface area contributed by atoms with Crippen molar-refractivity contribution in [3.05, 3.63) is 30.9 Å². The van der Waals surface area contributed by atoms with Crippen LogP contribution in [0.15, 0.2) is 25.3 Å². The van der Waals surface area contributed by atoms with Crippen LogP contribution in [0.1, 0.15) is 5.56 Å². The summed E-state index contributed by atoms with van der Waals surface area (Å²) in [4.78, 5) is 8.33. The molecule has 76 valence electrons. The lowest BCUT2D eigenvalue weighted by Gasteiger charge is -2.07. The summed E-state index contributed by atoms with van der Waals surface area (Å²) in [6, 6.07) is 0. The normalized spacial score (nSPS) is 9.93. The summed E-state index contributed by atoms with van der Waals surface area (Å²) < 4.78 is 0. The zero-order valence-corrected chi connectivity index (χ0v) is 8.36. The summed E-state index contributed by atoms with van der Waals surface area (Å²) in [6.45, 7) is 3.76. The van der Waals surface area contributed by atoms with Crippen LogP contribution in [-0.2, 0) is 0 Å². The third-order valence-corrected chi connectivity index (χ3v) is 2.10. The number of nitrogens with zero attached hydrogens (tertiary/aromatic N) is 3. The maximum absolute atomic E-state index is 4.22. The molecule has 2 rings (SSSR count). The van der Waals surface area contributed by atoms with E-state index >= 15 is 0 Å². The Hall–Kier alpha value is -2.17. The molecule has 2 N–H and O–H groups in total. The molecule has 0 spiro atoms. The lowest BCUT2D eigenvalue weighted by Crippen LogP contribution is -1.98. The minimum Gasteiger partial charge on any atom is -0.373 e. The van der Waals surface area contributed by atoms with Crippen LogP contribution in [-0.4, -0.2) is 27.2 Å². The summed E-state index contributed by atoms with van der Waals surface area (Å²) in [5.74, 6) is 0.760. The maximum Gasteiger partial charge on any atom is 0.137 e. The molecular formula is C10H11N5. The SMILES string of the molecule is C=Cc1c(NC)ncnc1-c1cn[nH]c1. The van der Waals surface area contributed by atoms with Crippen molar-refractivity contribution in [1.82, 2.24) is 20.2 Å². The van der Waals surface area contributed by atoms with Crippen molar-refractivity contribution in [2.24, 2.45) is 0 Å². The van der Waals surface area contributed by atoms with Crippen LogP contribution >= 0.6 is 0 Å². The number of aromatic amines is 1. The second kappa shape index (κ2) is 3.91. The van der Waals surface area contributed by atoms with E-state index in [0.717, 1.165) is 22.6 Å². The number of H-pyrrole nitrogens is 1.